The van der Waals surface area contributed by atoms with Gasteiger partial charge in [-0.1, -0.05) is 5.21 Å². The van der Waals surface area contributed by atoms with E-state index in [0.29, 0.717) is 25.5 Å². The zero-order valence-corrected chi connectivity index (χ0v) is 11.5. The smallest absolute Gasteiger partial charge is 0.204 e. The molecule has 7 heteroatoms. The summed E-state index contributed by atoms with van der Waals surface area (Å²) in [5, 5.41) is 12.4. The molecule has 19 heavy (non-hydrogen) atoms. The minimum atomic E-state index is -0.451. The normalized spacial score (nSPS) is 11.4. The molecule has 2 aromatic heterocycles. The average molecular weight is 265 g/mol. The highest BCUT2D eigenvalue weighted by Gasteiger charge is 2.15. The van der Waals surface area contributed by atoms with Gasteiger partial charge in [0.05, 0.1) is 18.4 Å². The van der Waals surface area contributed by atoms with Gasteiger partial charge in [-0.2, -0.15) is 5.10 Å². The molecule has 104 valence electrons. The van der Waals surface area contributed by atoms with Crippen LogP contribution in [-0.4, -0.2) is 38.0 Å². The molecule has 2 heterocycles. The van der Waals surface area contributed by atoms with Crippen LogP contribution in [-0.2, 0) is 23.1 Å². The van der Waals surface area contributed by atoms with Gasteiger partial charge in [0.1, 0.15) is 5.69 Å². The van der Waals surface area contributed by atoms with Crippen molar-refractivity contribution in [2.45, 2.75) is 26.7 Å². The number of nitrogens with zero attached hydrogens (tertiary/aromatic N) is 5. The highest BCUT2D eigenvalue weighted by molar-refractivity contribution is 5.01. The Bertz CT molecular complexity index is 502. The fraction of sp³-hybridized carbons (Fsp3) is 0.583. The van der Waals surface area contributed by atoms with Crippen LogP contribution in [0.5, 0.6) is 0 Å². The van der Waals surface area contributed by atoms with Crippen LogP contribution >= 0.6 is 0 Å². The molecule has 0 radical (unpaired) electrons. The second-order valence-corrected chi connectivity index (χ2v) is 4.06. The maximum Gasteiger partial charge on any atom is 0.204 e. The first-order valence-corrected chi connectivity index (χ1v) is 6.34. The lowest BCUT2D eigenvalue weighted by molar-refractivity contribution is -0.142. The Morgan fingerprint density at radius 2 is 2.00 bits per heavy atom. The third-order valence-electron chi connectivity index (χ3n) is 2.53. The number of aromatic nitrogens is 5. The van der Waals surface area contributed by atoms with Crippen LogP contribution < -0.4 is 0 Å². The molecular formula is C12H19N5O2. The number of hydrogen-bond acceptors (Lipinski definition) is 5. The van der Waals surface area contributed by atoms with Crippen molar-refractivity contribution < 1.29 is 9.47 Å². The van der Waals surface area contributed by atoms with Crippen molar-refractivity contribution in [3.63, 3.8) is 0 Å². The molecule has 2 rings (SSSR count). The first-order valence-electron chi connectivity index (χ1n) is 6.34. The van der Waals surface area contributed by atoms with E-state index in [4.69, 9.17) is 9.47 Å². The monoisotopic (exact) mass is 265 g/mol. The van der Waals surface area contributed by atoms with Crippen LogP contribution in [0.15, 0.2) is 18.5 Å². The van der Waals surface area contributed by atoms with Gasteiger partial charge in [-0.15, -0.1) is 5.10 Å². The molecular weight excluding hydrogens is 246 g/mol. The highest BCUT2D eigenvalue weighted by Crippen LogP contribution is 2.16. The molecule has 0 saturated heterocycles. The minimum Gasteiger partial charge on any atom is -0.347 e. The van der Waals surface area contributed by atoms with E-state index in [1.54, 1.807) is 9.36 Å². The number of hydrogen-bond donors (Lipinski definition) is 0. The summed E-state index contributed by atoms with van der Waals surface area (Å²) in [5.41, 5.74) is 1.61. The number of ether oxygens (including phenoxy) is 2. The van der Waals surface area contributed by atoms with Crippen molar-refractivity contribution in [2.75, 3.05) is 13.2 Å². The fourth-order valence-corrected chi connectivity index (χ4v) is 1.73. The summed E-state index contributed by atoms with van der Waals surface area (Å²) in [5.74, 6) is 0. The SMILES string of the molecule is CCOC(OCC)c1cn(Cc2ccn(C)n2)nn1. The van der Waals surface area contributed by atoms with E-state index < -0.39 is 6.29 Å². The molecule has 0 aliphatic heterocycles. The molecule has 0 saturated carbocycles. The molecule has 0 fully saturated rings. The van der Waals surface area contributed by atoms with Crippen molar-refractivity contribution in [3.8, 4) is 0 Å². The lowest BCUT2D eigenvalue weighted by Gasteiger charge is -2.13. The van der Waals surface area contributed by atoms with Gasteiger partial charge >= 0.3 is 0 Å². The van der Waals surface area contributed by atoms with Gasteiger partial charge in [-0.25, -0.2) is 4.68 Å². The standard InChI is InChI=1S/C12H19N5O2/c1-4-18-12(19-5-2)11-9-17(15-13-11)8-10-6-7-16(3)14-10/h6-7,9,12H,4-5,8H2,1-3H3. The second kappa shape index (κ2) is 6.44. The second-order valence-electron chi connectivity index (χ2n) is 4.06. The van der Waals surface area contributed by atoms with Crippen molar-refractivity contribution in [1.82, 2.24) is 24.8 Å². The number of aryl methyl sites for hydroxylation is 1. The van der Waals surface area contributed by atoms with Crippen LogP contribution in [0.4, 0.5) is 0 Å². The Balaban J connectivity index is 2.04. The maximum atomic E-state index is 5.48. The van der Waals surface area contributed by atoms with Gasteiger partial charge in [0.25, 0.3) is 0 Å². The predicted molar refractivity (Wildman–Crippen MR) is 68.3 cm³/mol. The highest BCUT2D eigenvalue weighted by atomic mass is 16.7. The van der Waals surface area contributed by atoms with Gasteiger partial charge in [-0.3, -0.25) is 4.68 Å². The average Bonchev–Trinajstić information content (AvgIpc) is 2.99. The fourth-order valence-electron chi connectivity index (χ4n) is 1.73. The van der Waals surface area contributed by atoms with Gasteiger partial charge in [0.2, 0.25) is 6.29 Å². The van der Waals surface area contributed by atoms with Crippen molar-refractivity contribution in [1.29, 1.82) is 0 Å². The van der Waals surface area contributed by atoms with E-state index in [2.05, 4.69) is 15.4 Å². The molecule has 0 aliphatic rings. The largest absolute Gasteiger partial charge is 0.347 e. The summed E-state index contributed by atoms with van der Waals surface area (Å²) in [6.07, 6.45) is 3.27. The lowest BCUT2D eigenvalue weighted by atomic mass is 10.4. The van der Waals surface area contributed by atoms with Crippen LogP contribution in [0.2, 0.25) is 0 Å². The molecule has 0 bridgehead atoms. The zero-order valence-electron chi connectivity index (χ0n) is 11.5. The molecule has 0 unspecified atom stereocenters. The first-order chi connectivity index (χ1) is 9.22. The van der Waals surface area contributed by atoms with Crippen molar-refractivity contribution in [3.05, 3.63) is 29.8 Å². The van der Waals surface area contributed by atoms with E-state index in [1.165, 1.54) is 0 Å². The van der Waals surface area contributed by atoms with Crippen LogP contribution in [0, 0.1) is 0 Å². The summed E-state index contributed by atoms with van der Waals surface area (Å²) in [6, 6.07) is 1.95. The van der Waals surface area contributed by atoms with Crippen LogP contribution in [0.25, 0.3) is 0 Å². The Kier molecular flexibility index (Phi) is 4.64. The van der Waals surface area contributed by atoms with E-state index in [1.807, 2.05) is 39.4 Å². The van der Waals surface area contributed by atoms with E-state index >= 15 is 0 Å². The quantitative estimate of drug-likeness (QED) is 0.702. The first kappa shape index (κ1) is 13.7. The molecule has 0 amide bonds. The molecule has 0 aliphatic carbocycles. The predicted octanol–water partition coefficient (Wildman–Crippen LogP) is 1.13. The van der Waals surface area contributed by atoms with Gasteiger partial charge in [-0.05, 0) is 19.9 Å². The Morgan fingerprint density at radius 1 is 1.26 bits per heavy atom. The molecule has 7 nitrogen and oxygen atoms in total. The zero-order chi connectivity index (χ0) is 13.7. The van der Waals surface area contributed by atoms with Crippen LogP contribution in [0.1, 0.15) is 31.5 Å². The molecule has 2 aromatic rings. The molecule has 0 N–H and O–H groups in total. The van der Waals surface area contributed by atoms with Gasteiger partial charge < -0.3 is 9.47 Å². The summed E-state index contributed by atoms with van der Waals surface area (Å²) in [7, 11) is 1.89. The minimum absolute atomic E-state index is 0.451. The third-order valence-corrected chi connectivity index (χ3v) is 2.53. The van der Waals surface area contributed by atoms with E-state index in [9.17, 15) is 0 Å². The number of rotatable bonds is 7. The Hall–Kier alpha value is -1.73. The molecule has 0 aromatic carbocycles. The van der Waals surface area contributed by atoms with Gasteiger partial charge in [0, 0.05) is 26.5 Å². The Labute approximate surface area is 112 Å². The van der Waals surface area contributed by atoms with E-state index in [-0.39, 0.29) is 0 Å². The van der Waals surface area contributed by atoms with Crippen molar-refractivity contribution in [2.24, 2.45) is 7.05 Å². The summed E-state index contributed by atoms with van der Waals surface area (Å²) < 4.78 is 14.4. The molecule has 0 atom stereocenters. The topological polar surface area (TPSA) is 67.0 Å². The Morgan fingerprint density at radius 3 is 2.58 bits per heavy atom. The molecule has 0 spiro atoms. The maximum absolute atomic E-state index is 5.48. The van der Waals surface area contributed by atoms with Crippen LogP contribution in [0.3, 0.4) is 0 Å². The lowest BCUT2D eigenvalue weighted by Crippen LogP contribution is -2.09. The summed E-state index contributed by atoms with van der Waals surface area (Å²) in [4.78, 5) is 0. The van der Waals surface area contributed by atoms with Crippen molar-refractivity contribution >= 4 is 0 Å². The summed E-state index contributed by atoms with van der Waals surface area (Å²) in [6.45, 7) is 5.56. The van der Waals surface area contributed by atoms with E-state index in [0.717, 1.165) is 5.69 Å². The third kappa shape index (κ3) is 3.62. The van der Waals surface area contributed by atoms with Gasteiger partial charge in [0.15, 0.2) is 0 Å². The summed E-state index contributed by atoms with van der Waals surface area (Å²) >= 11 is 0.